The van der Waals surface area contributed by atoms with Crippen molar-refractivity contribution in [2.24, 2.45) is 0 Å². The Balaban J connectivity index is 1.34. The molecule has 1 amide bonds. The van der Waals surface area contributed by atoms with Gasteiger partial charge in [-0.25, -0.2) is 0 Å². The Bertz CT molecular complexity index is 554. The van der Waals surface area contributed by atoms with Crippen LogP contribution in [0, 0.1) is 0 Å². The van der Waals surface area contributed by atoms with E-state index in [1.54, 1.807) is 0 Å². The van der Waals surface area contributed by atoms with Crippen molar-refractivity contribution in [2.75, 3.05) is 19.8 Å². The summed E-state index contributed by atoms with van der Waals surface area (Å²) in [6.07, 6.45) is 3.90. The Hall–Kier alpha value is -1.59. The Morgan fingerprint density at radius 2 is 1.84 bits per heavy atom. The van der Waals surface area contributed by atoms with Crippen LogP contribution >= 0.6 is 0 Å². The van der Waals surface area contributed by atoms with Gasteiger partial charge in [-0.1, -0.05) is 26.0 Å². The molecule has 0 unspecified atom stereocenters. The van der Waals surface area contributed by atoms with Crippen molar-refractivity contribution in [2.45, 2.75) is 63.7 Å². The minimum atomic E-state index is -0.369. The first-order chi connectivity index (χ1) is 12.1. The monoisotopic (exact) mass is 347 g/mol. The summed E-state index contributed by atoms with van der Waals surface area (Å²) in [5.74, 6) is 1.00. The molecule has 5 nitrogen and oxygen atoms in total. The predicted molar refractivity (Wildman–Crippen MR) is 95.7 cm³/mol. The zero-order valence-corrected chi connectivity index (χ0v) is 15.3. The van der Waals surface area contributed by atoms with Crippen LogP contribution < -0.4 is 10.1 Å². The molecule has 0 bridgehead atoms. The van der Waals surface area contributed by atoms with E-state index in [1.807, 2.05) is 12.1 Å². The third-order valence-corrected chi connectivity index (χ3v) is 5.07. The lowest BCUT2D eigenvalue weighted by atomic mass is 9.90. The van der Waals surface area contributed by atoms with Crippen molar-refractivity contribution in [1.82, 2.24) is 5.32 Å². The SMILES string of the molecule is CC(C)c1ccc(OCCC(=O)NC2CCC3(CC2)OCCO3)cc1. The fourth-order valence-corrected chi connectivity index (χ4v) is 3.50. The Morgan fingerprint density at radius 1 is 1.20 bits per heavy atom. The summed E-state index contributed by atoms with van der Waals surface area (Å²) in [6.45, 7) is 6.10. The van der Waals surface area contributed by atoms with Crippen LogP contribution in [0.4, 0.5) is 0 Å². The average Bonchev–Trinajstić information content (AvgIpc) is 3.06. The molecule has 1 aliphatic carbocycles. The topological polar surface area (TPSA) is 56.8 Å². The fourth-order valence-electron chi connectivity index (χ4n) is 3.50. The molecule has 1 aromatic rings. The maximum Gasteiger partial charge on any atom is 0.223 e. The van der Waals surface area contributed by atoms with Crippen LogP contribution in [0.15, 0.2) is 24.3 Å². The summed E-state index contributed by atoms with van der Waals surface area (Å²) < 4.78 is 17.1. The van der Waals surface area contributed by atoms with Gasteiger partial charge in [0.1, 0.15) is 5.75 Å². The first-order valence-electron chi connectivity index (χ1n) is 9.36. The summed E-state index contributed by atoms with van der Waals surface area (Å²) in [6, 6.07) is 8.30. The van der Waals surface area contributed by atoms with Crippen molar-refractivity contribution in [3.63, 3.8) is 0 Å². The Morgan fingerprint density at radius 3 is 2.44 bits per heavy atom. The molecule has 1 aromatic carbocycles. The van der Waals surface area contributed by atoms with Gasteiger partial charge < -0.3 is 19.5 Å². The first-order valence-corrected chi connectivity index (χ1v) is 9.36. The minimum Gasteiger partial charge on any atom is -0.493 e. The van der Waals surface area contributed by atoms with E-state index in [4.69, 9.17) is 14.2 Å². The summed E-state index contributed by atoms with van der Waals surface area (Å²) >= 11 is 0. The molecule has 3 rings (SSSR count). The predicted octanol–water partition coefficient (Wildman–Crippen LogP) is 3.38. The first kappa shape index (κ1) is 18.2. The maximum atomic E-state index is 12.1. The molecule has 0 atom stereocenters. The standard InChI is InChI=1S/C20H29NO4/c1-15(2)16-3-5-18(6-4-16)23-12-9-19(22)21-17-7-10-20(11-8-17)24-13-14-25-20/h3-6,15,17H,7-14H2,1-2H3,(H,21,22). The van der Waals surface area contributed by atoms with Crippen LogP contribution in [-0.2, 0) is 14.3 Å². The number of carbonyl (C=O) groups is 1. The lowest BCUT2D eigenvalue weighted by Gasteiger charge is -2.35. The van der Waals surface area contributed by atoms with Gasteiger partial charge in [0, 0.05) is 18.9 Å². The van der Waals surface area contributed by atoms with Crippen LogP contribution in [0.5, 0.6) is 5.75 Å². The smallest absolute Gasteiger partial charge is 0.223 e. The summed E-state index contributed by atoms with van der Waals surface area (Å²) in [7, 11) is 0. The molecule has 1 saturated heterocycles. The summed E-state index contributed by atoms with van der Waals surface area (Å²) in [5.41, 5.74) is 1.29. The second-order valence-electron chi connectivity index (χ2n) is 7.27. The zero-order chi connectivity index (χ0) is 17.7. The van der Waals surface area contributed by atoms with Crippen molar-refractivity contribution in [3.8, 4) is 5.75 Å². The third kappa shape index (κ3) is 4.95. The maximum absolute atomic E-state index is 12.1. The molecule has 138 valence electrons. The fraction of sp³-hybridized carbons (Fsp3) is 0.650. The molecule has 25 heavy (non-hydrogen) atoms. The van der Waals surface area contributed by atoms with Crippen molar-refractivity contribution in [1.29, 1.82) is 0 Å². The highest BCUT2D eigenvalue weighted by Crippen LogP contribution is 2.35. The van der Waals surface area contributed by atoms with Gasteiger partial charge in [0.2, 0.25) is 5.91 Å². The van der Waals surface area contributed by atoms with E-state index in [9.17, 15) is 4.79 Å². The third-order valence-electron chi connectivity index (χ3n) is 5.07. The van der Waals surface area contributed by atoms with Crippen molar-refractivity contribution >= 4 is 5.91 Å². The van der Waals surface area contributed by atoms with Gasteiger partial charge in [-0.3, -0.25) is 4.79 Å². The molecule has 1 heterocycles. The Kier molecular flexibility index (Phi) is 5.97. The van der Waals surface area contributed by atoms with Gasteiger partial charge in [-0.15, -0.1) is 0 Å². The quantitative estimate of drug-likeness (QED) is 0.857. The van der Waals surface area contributed by atoms with E-state index in [0.29, 0.717) is 32.2 Å². The van der Waals surface area contributed by atoms with E-state index < -0.39 is 0 Å². The average molecular weight is 347 g/mol. The number of hydrogen-bond acceptors (Lipinski definition) is 4. The molecule has 1 spiro atoms. The lowest BCUT2D eigenvalue weighted by Crippen LogP contribution is -2.44. The van der Waals surface area contributed by atoms with E-state index in [2.05, 4.69) is 31.3 Å². The molecular weight excluding hydrogens is 318 g/mol. The molecule has 1 aliphatic heterocycles. The molecule has 2 fully saturated rings. The molecule has 1 N–H and O–H groups in total. The molecule has 5 heteroatoms. The molecule has 0 aromatic heterocycles. The highest BCUT2D eigenvalue weighted by Gasteiger charge is 2.40. The number of hydrogen-bond donors (Lipinski definition) is 1. The number of carbonyl (C=O) groups excluding carboxylic acids is 1. The van der Waals surface area contributed by atoms with Gasteiger partial charge in [0.25, 0.3) is 0 Å². The van der Waals surface area contributed by atoms with E-state index in [0.717, 1.165) is 31.4 Å². The molecule has 2 aliphatic rings. The van der Waals surface area contributed by atoms with Crippen LogP contribution in [0.3, 0.4) is 0 Å². The van der Waals surface area contributed by atoms with E-state index in [1.165, 1.54) is 5.56 Å². The number of amides is 1. The van der Waals surface area contributed by atoms with Gasteiger partial charge in [-0.05, 0) is 36.5 Å². The van der Waals surface area contributed by atoms with Crippen LogP contribution in [0.25, 0.3) is 0 Å². The molecule has 1 saturated carbocycles. The summed E-state index contributed by atoms with van der Waals surface area (Å²) in [4.78, 5) is 12.1. The largest absolute Gasteiger partial charge is 0.493 e. The minimum absolute atomic E-state index is 0.0491. The molecular formula is C20H29NO4. The highest BCUT2D eigenvalue weighted by atomic mass is 16.7. The highest BCUT2D eigenvalue weighted by molar-refractivity contribution is 5.76. The van der Waals surface area contributed by atoms with Crippen LogP contribution in [0.1, 0.15) is 57.4 Å². The number of benzene rings is 1. The number of rotatable bonds is 6. The van der Waals surface area contributed by atoms with Gasteiger partial charge in [0.05, 0.1) is 26.2 Å². The van der Waals surface area contributed by atoms with Crippen LogP contribution in [-0.4, -0.2) is 37.6 Å². The lowest BCUT2D eigenvalue weighted by molar-refractivity contribution is -0.180. The summed E-state index contributed by atoms with van der Waals surface area (Å²) in [5, 5.41) is 3.11. The zero-order valence-electron chi connectivity index (χ0n) is 15.3. The van der Waals surface area contributed by atoms with Crippen molar-refractivity contribution < 1.29 is 19.0 Å². The van der Waals surface area contributed by atoms with Crippen LogP contribution in [0.2, 0.25) is 0 Å². The van der Waals surface area contributed by atoms with E-state index >= 15 is 0 Å². The normalized spacial score (nSPS) is 20.1. The number of ether oxygens (including phenoxy) is 3. The molecule has 0 radical (unpaired) electrons. The van der Waals surface area contributed by atoms with Gasteiger partial charge >= 0.3 is 0 Å². The second kappa shape index (κ2) is 8.19. The number of nitrogens with one attached hydrogen (secondary N) is 1. The Labute approximate surface area is 150 Å². The van der Waals surface area contributed by atoms with E-state index in [-0.39, 0.29) is 17.7 Å². The second-order valence-corrected chi connectivity index (χ2v) is 7.27. The van der Waals surface area contributed by atoms with Crippen molar-refractivity contribution in [3.05, 3.63) is 29.8 Å². The van der Waals surface area contributed by atoms with Gasteiger partial charge in [-0.2, -0.15) is 0 Å². The van der Waals surface area contributed by atoms with Gasteiger partial charge in [0.15, 0.2) is 5.79 Å².